The Morgan fingerprint density at radius 3 is 2.93 bits per heavy atom. The Bertz CT molecular complexity index is 820. The molecule has 1 aromatic carbocycles. The van der Waals surface area contributed by atoms with E-state index in [2.05, 4.69) is 27.5 Å². The number of benzene rings is 1. The van der Waals surface area contributed by atoms with Crippen molar-refractivity contribution in [2.75, 3.05) is 32.8 Å². The van der Waals surface area contributed by atoms with E-state index in [1.807, 2.05) is 13.0 Å². The van der Waals surface area contributed by atoms with Gasteiger partial charge in [-0.3, -0.25) is 9.69 Å². The molecule has 0 spiro atoms. The van der Waals surface area contributed by atoms with Gasteiger partial charge in [-0.05, 0) is 49.9 Å². The lowest BCUT2D eigenvalue weighted by molar-refractivity contribution is -0.121. The van der Waals surface area contributed by atoms with Gasteiger partial charge in [0.1, 0.15) is 19.0 Å². The maximum absolute atomic E-state index is 12.1. The first-order chi connectivity index (χ1) is 13.7. The fourth-order valence-electron chi connectivity index (χ4n) is 3.88. The van der Waals surface area contributed by atoms with Gasteiger partial charge in [0.05, 0.1) is 12.1 Å². The van der Waals surface area contributed by atoms with Gasteiger partial charge in [-0.25, -0.2) is 0 Å². The second kappa shape index (κ2) is 8.65. The van der Waals surface area contributed by atoms with Gasteiger partial charge >= 0.3 is 0 Å². The normalized spacial score (nSPS) is 19.4. The SMILES string of the molecule is Cc1cc(CC(=O)NCC2CCCN(Cc3ccc4c(c3)OCCO4)C2)on1. The second-order valence-corrected chi connectivity index (χ2v) is 7.64. The average Bonchev–Trinajstić information content (AvgIpc) is 3.11. The Balaban J connectivity index is 1.25. The van der Waals surface area contributed by atoms with Crippen LogP contribution in [0.15, 0.2) is 28.8 Å². The quantitative estimate of drug-likeness (QED) is 0.822. The van der Waals surface area contributed by atoms with E-state index in [-0.39, 0.29) is 12.3 Å². The number of aromatic nitrogens is 1. The smallest absolute Gasteiger partial charge is 0.227 e. The molecule has 0 radical (unpaired) electrons. The number of carbonyl (C=O) groups excluding carboxylic acids is 1. The van der Waals surface area contributed by atoms with Crippen molar-refractivity contribution in [3.8, 4) is 11.5 Å². The number of hydrogen-bond acceptors (Lipinski definition) is 6. The van der Waals surface area contributed by atoms with Gasteiger partial charge in [0, 0.05) is 25.7 Å². The van der Waals surface area contributed by atoms with Crippen LogP contribution in [-0.4, -0.2) is 48.8 Å². The van der Waals surface area contributed by atoms with E-state index in [0.717, 1.165) is 49.7 Å². The first kappa shape index (κ1) is 18.8. The summed E-state index contributed by atoms with van der Waals surface area (Å²) in [6, 6.07) is 7.99. The molecule has 1 amide bonds. The second-order valence-electron chi connectivity index (χ2n) is 7.64. The number of fused-ring (bicyclic) bond motifs is 1. The first-order valence-electron chi connectivity index (χ1n) is 9.95. The van der Waals surface area contributed by atoms with Crippen molar-refractivity contribution < 1.29 is 18.8 Å². The predicted octanol–water partition coefficient (Wildman–Crippen LogP) is 2.33. The fourth-order valence-corrected chi connectivity index (χ4v) is 3.88. The van der Waals surface area contributed by atoms with Crippen LogP contribution in [0, 0.1) is 12.8 Å². The molecule has 0 aliphatic carbocycles. The lowest BCUT2D eigenvalue weighted by atomic mass is 9.97. The zero-order valence-electron chi connectivity index (χ0n) is 16.3. The summed E-state index contributed by atoms with van der Waals surface area (Å²) < 4.78 is 16.4. The summed E-state index contributed by atoms with van der Waals surface area (Å²) >= 11 is 0. The average molecular weight is 385 g/mol. The first-order valence-corrected chi connectivity index (χ1v) is 9.95. The van der Waals surface area contributed by atoms with E-state index in [1.165, 1.54) is 5.56 Å². The number of likely N-dealkylation sites (tertiary alicyclic amines) is 1. The van der Waals surface area contributed by atoms with E-state index in [0.29, 0.717) is 31.4 Å². The Morgan fingerprint density at radius 2 is 2.11 bits per heavy atom. The van der Waals surface area contributed by atoms with E-state index >= 15 is 0 Å². The number of nitrogens with zero attached hydrogens (tertiary/aromatic N) is 2. The third kappa shape index (κ3) is 4.84. The van der Waals surface area contributed by atoms with Crippen LogP contribution in [0.25, 0.3) is 0 Å². The van der Waals surface area contributed by atoms with Crippen LogP contribution in [0.1, 0.15) is 29.9 Å². The Morgan fingerprint density at radius 1 is 1.25 bits per heavy atom. The topological polar surface area (TPSA) is 76.8 Å². The zero-order valence-corrected chi connectivity index (χ0v) is 16.3. The van der Waals surface area contributed by atoms with E-state index in [9.17, 15) is 4.79 Å². The molecular formula is C21H27N3O4. The van der Waals surface area contributed by atoms with E-state index < -0.39 is 0 Å². The molecule has 2 aliphatic rings. The Kier molecular flexibility index (Phi) is 5.81. The highest BCUT2D eigenvalue weighted by atomic mass is 16.6. The molecule has 0 saturated carbocycles. The largest absolute Gasteiger partial charge is 0.486 e. The molecule has 2 aliphatic heterocycles. The third-order valence-electron chi connectivity index (χ3n) is 5.22. The number of aryl methyl sites for hydroxylation is 1. The number of nitrogens with one attached hydrogen (secondary N) is 1. The molecule has 1 saturated heterocycles. The number of piperidine rings is 1. The third-order valence-corrected chi connectivity index (χ3v) is 5.22. The summed E-state index contributed by atoms with van der Waals surface area (Å²) in [5.74, 6) is 2.73. The van der Waals surface area contributed by atoms with E-state index in [1.54, 1.807) is 6.07 Å². The highest BCUT2D eigenvalue weighted by molar-refractivity contribution is 5.77. The zero-order chi connectivity index (χ0) is 19.3. The lowest BCUT2D eigenvalue weighted by Crippen LogP contribution is -2.40. The molecule has 28 heavy (non-hydrogen) atoms. The van der Waals surface area contributed by atoms with Crippen molar-refractivity contribution in [1.29, 1.82) is 0 Å². The number of hydrogen-bond donors (Lipinski definition) is 1. The van der Waals surface area contributed by atoms with Crippen LogP contribution in [-0.2, 0) is 17.8 Å². The number of carbonyl (C=O) groups is 1. The summed E-state index contributed by atoms with van der Waals surface area (Å²) in [6.07, 6.45) is 2.53. The van der Waals surface area contributed by atoms with Crippen molar-refractivity contribution in [2.24, 2.45) is 5.92 Å². The summed E-state index contributed by atoms with van der Waals surface area (Å²) in [7, 11) is 0. The molecule has 4 rings (SSSR count). The molecule has 1 fully saturated rings. The van der Waals surface area contributed by atoms with Crippen LogP contribution >= 0.6 is 0 Å². The number of amides is 1. The molecule has 3 heterocycles. The summed E-state index contributed by atoms with van der Waals surface area (Å²) in [4.78, 5) is 14.6. The van der Waals surface area contributed by atoms with Crippen molar-refractivity contribution in [1.82, 2.24) is 15.4 Å². The van der Waals surface area contributed by atoms with Crippen molar-refractivity contribution in [3.05, 3.63) is 41.3 Å². The fraction of sp³-hybridized carbons (Fsp3) is 0.524. The molecular weight excluding hydrogens is 358 g/mol. The van der Waals surface area contributed by atoms with Gasteiger partial charge in [0.2, 0.25) is 5.91 Å². The van der Waals surface area contributed by atoms with Crippen LogP contribution in [0.4, 0.5) is 0 Å². The van der Waals surface area contributed by atoms with E-state index in [4.69, 9.17) is 14.0 Å². The van der Waals surface area contributed by atoms with Crippen molar-refractivity contribution >= 4 is 5.91 Å². The molecule has 0 bridgehead atoms. The number of ether oxygens (including phenoxy) is 2. The van der Waals surface area contributed by atoms with Gasteiger partial charge in [-0.2, -0.15) is 0 Å². The van der Waals surface area contributed by atoms with Crippen molar-refractivity contribution in [3.63, 3.8) is 0 Å². The molecule has 2 aromatic rings. The van der Waals surface area contributed by atoms with Crippen LogP contribution in [0.5, 0.6) is 11.5 Å². The van der Waals surface area contributed by atoms with Crippen LogP contribution < -0.4 is 14.8 Å². The minimum Gasteiger partial charge on any atom is -0.486 e. The summed E-state index contributed by atoms with van der Waals surface area (Å²) in [5, 5.41) is 6.86. The van der Waals surface area contributed by atoms with Crippen LogP contribution in [0.2, 0.25) is 0 Å². The molecule has 1 atom stereocenters. The maximum Gasteiger partial charge on any atom is 0.227 e. The van der Waals surface area contributed by atoms with Gasteiger partial charge in [-0.1, -0.05) is 11.2 Å². The minimum absolute atomic E-state index is 0.0138. The molecule has 150 valence electrons. The summed E-state index contributed by atoms with van der Waals surface area (Å²) in [5.41, 5.74) is 2.03. The Hall–Kier alpha value is -2.54. The van der Waals surface area contributed by atoms with Gasteiger partial charge in [0.25, 0.3) is 0 Å². The summed E-state index contributed by atoms with van der Waals surface area (Å²) in [6.45, 7) is 6.72. The standard InChI is InChI=1S/C21H27N3O4/c1-15-9-18(28-23-15)11-21(25)22-12-17-3-2-6-24(14-17)13-16-4-5-19-20(10-16)27-8-7-26-19/h4-5,9-10,17H,2-3,6-8,11-14H2,1H3,(H,22,25). The highest BCUT2D eigenvalue weighted by Crippen LogP contribution is 2.31. The molecule has 1 N–H and O–H groups in total. The molecule has 7 nitrogen and oxygen atoms in total. The lowest BCUT2D eigenvalue weighted by Gasteiger charge is -2.33. The Labute approximate surface area is 165 Å². The van der Waals surface area contributed by atoms with Gasteiger partial charge in [-0.15, -0.1) is 0 Å². The molecule has 1 aromatic heterocycles. The highest BCUT2D eigenvalue weighted by Gasteiger charge is 2.21. The van der Waals surface area contributed by atoms with Crippen LogP contribution in [0.3, 0.4) is 0 Å². The van der Waals surface area contributed by atoms with Crippen molar-refractivity contribution in [2.45, 2.75) is 32.7 Å². The molecule has 1 unspecified atom stereocenters. The maximum atomic E-state index is 12.1. The van der Waals surface area contributed by atoms with Gasteiger partial charge < -0.3 is 19.3 Å². The molecule has 7 heteroatoms. The predicted molar refractivity (Wildman–Crippen MR) is 103 cm³/mol. The monoisotopic (exact) mass is 385 g/mol. The van der Waals surface area contributed by atoms with Gasteiger partial charge in [0.15, 0.2) is 11.5 Å². The number of rotatable bonds is 6. The minimum atomic E-state index is -0.0138.